The van der Waals surface area contributed by atoms with E-state index >= 15 is 0 Å². The number of carbonyl (C=O) groups excluding carboxylic acids is 2. The van der Waals surface area contributed by atoms with Crippen LogP contribution in [0.25, 0.3) is 0 Å². The number of amides is 2. The number of hydrogen-bond donors (Lipinski definition) is 2. The summed E-state index contributed by atoms with van der Waals surface area (Å²) in [5.41, 5.74) is 2.42. The van der Waals surface area contributed by atoms with Crippen molar-refractivity contribution < 1.29 is 18.7 Å². The zero-order valence-corrected chi connectivity index (χ0v) is 18.0. The first kappa shape index (κ1) is 20.9. The number of halogens is 1. The van der Waals surface area contributed by atoms with Gasteiger partial charge in [-0.25, -0.2) is 9.37 Å². The molecule has 3 aromatic rings. The Morgan fingerprint density at radius 3 is 2.79 bits per heavy atom. The molecule has 1 fully saturated rings. The Bertz CT molecular complexity index is 1180. The molecule has 0 bridgehead atoms. The molecule has 2 aliphatic rings. The Morgan fingerprint density at radius 2 is 2.03 bits per heavy atom. The van der Waals surface area contributed by atoms with Crippen LogP contribution in [0.15, 0.2) is 48.5 Å². The number of rotatable bonds is 5. The van der Waals surface area contributed by atoms with Crippen molar-refractivity contribution in [2.24, 2.45) is 0 Å². The Kier molecular flexibility index (Phi) is 5.41. The van der Waals surface area contributed by atoms with Crippen molar-refractivity contribution in [2.45, 2.75) is 18.6 Å². The van der Waals surface area contributed by atoms with Crippen molar-refractivity contribution in [3.8, 4) is 5.75 Å². The number of aromatic nitrogens is 3. The summed E-state index contributed by atoms with van der Waals surface area (Å²) < 4.78 is 19.0. The van der Waals surface area contributed by atoms with Crippen molar-refractivity contribution in [2.75, 3.05) is 36.5 Å². The van der Waals surface area contributed by atoms with Crippen LogP contribution in [0.4, 0.5) is 15.8 Å². The van der Waals surface area contributed by atoms with Crippen LogP contribution in [0, 0.1) is 0 Å². The highest BCUT2D eigenvalue weighted by atomic mass is 19.1. The standard InChI is InChI=1S/C23H23FN6O3/c1-29-18-10-16(30-11-15(24)12-30)7-8-19(18)33-13-17(23(29)32)25-22(31)21-26-20(27-28-21)9-14-5-3-2-4-6-14/h2-8,10,15,17H,9,11-13H2,1H3,(H,25,31)(H,26,27,28)/t17-/m1/s1. The summed E-state index contributed by atoms with van der Waals surface area (Å²) in [6, 6.07) is 14.2. The monoisotopic (exact) mass is 450 g/mol. The smallest absolute Gasteiger partial charge is 0.291 e. The van der Waals surface area contributed by atoms with Crippen molar-refractivity contribution in [3.63, 3.8) is 0 Å². The summed E-state index contributed by atoms with van der Waals surface area (Å²) in [6.07, 6.45) is -0.324. The highest BCUT2D eigenvalue weighted by Crippen LogP contribution is 2.36. The van der Waals surface area contributed by atoms with E-state index in [1.54, 1.807) is 19.2 Å². The van der Waals surface area contributed by atoms with E-state index in [1.165, 1.54) is 4.90 Å². The van der Waals surface area contributed by atoms with Crippen LogP contribution >= 0.6 is 0 Å². The third kappa shape index (κ3) is 4.23. The number of benzene rings is 2. The molecule has 1 atom stereocenters. The topological polar surface area (TPSA) is 103 Å². The Labute approximate surface area is 189 Å². The number of carbonyl (C=O) groups is 2. The lowest BCUT2D eigenvalue weighted by atomic mass is 10.1. The predicted octanol–water partition coefficient (Wildman–Crippen LogP) is 1.71. The van der Waals surface area contributed by atoms with E-state index in [1.807, 2.05) is 41.3 Å². The molecular weight excluding hydrogens is 427 g/mol. The average Bonchev–Trinajstić information content (AvgIpc) is 3.24. The van der Waals surface area contributed by atoms with Crippen molar-refractivity contribution in [1.29, 1.82) is 0 Å². The maximum atomic E-state index is 13.2. The number of ether oxygens (including phenoxy) is 1. The molecular formula is C23H23FN6O3. The summed E-state index contributed by atoms with van der Waals surface area (Å²) in [5, 5.41) is 9.43. The summed E-state index contributed by atoms with van der Waals surface area (Å²) in [6.45, 7) is 0.636. The van der Waals surface area contributed by atoms with Crippen molar-refractivity contribution >= 4 is 23.2 Å². The van der Waals surface area contributed by atoms with E-state index in [4.69, 9.17) is 4.74 Å². The molecule has 1 saturated heterocycles. The fourth-order valence-corrected chi connectivity index (χ4v) is 3.91. The van der Waals surface area contributed by atoms with Gasteiger partial charge in [0.05, 0.1) is 18.8 Å². The third-order valence-electron chi connectivity index (χ3n) is 5.79. The van der Waals surface area contributed by atoms with Crippen LogP contribution in [0.1, 0.15) is 22.0 Å². The van der Waals surface area contributed by atoms with Crippen molar-refractivity contribution in [3.05, 3.63) is 65.7 Å². The van der Waals surface area contributed by atoms with E-state index in [9.17, 15) is 14.0 Å². The van der Waals surface area contributed by atoms with Crippen LogP contribution < -0.4 is 19.9 Å². The molecule has 33 heavy (non-hydrogen) atoms. The van der Waals surface area contributed by atoms with Gasteiger partial charge in [-0.1, -0.05) is 30.3 Å². The van der Waals surface area contributed by atoms with Gasteiger partial charge < -0.3 is 19.9 Å². The normalized spacial score (nSPS) is 18.2. The van der Waals surface area contributed by atoms with Gasteiger partial charge in [0.25, 0.3) is 11.8 Å². The Hall–Kier alpha value is -3.95. The van der Waals surface area contributed by atoms with Crippen LogP contribution in [-0.4, -0.2) is 66.0 Å². The number of aromatic amines is 1. The minimum Gasteiger partial charge on any atom is -0.489 e. The second-order valence-electron chi connectivity index (χ2n) is 8.16. The average molecular weight is 450 g/mol. The predicted molar refractivity (Wildman–Crippen MR) is 119 cm³/mol. The zero-order chi connectivity index (χ0) is 22.9. The van der Waals surface area contributed by atoms with Crippen LogP contribution in [0.3, 0.4) is 0 Å². The van der Waals surface area contributed by atoms with Gasteiger partial charge in [-0.05, 0) is 23.8 Å². The highest BCUT2D eigenvalue weighted by Gasteiger charge is 2.33. The van der Waals surface area contributed by atoms with Gasteiger partial charge in [-0.3, -0.25) is 14.7 Å². The molecule has 2 amide bonds. The first-order chi connectivity index (χ1) is 16.0. The first-order valence-electron chi connectivity index (χ1n) is 10.7. The first-order valence-corrected chi connectivity index (χ1v) is 10.7. The molecule has 0 unspecified atom stereocenters. The molecule has 2 aromatic carbocycles. The summed E-state index contributed by atoms with van der Waals surface area (Å²) >= 11 is 0. The molecule has 5 rings (SSSR count). The van der Waals surface area contributed by atoms with Gasteiger partial charge in [-0.2, -0.15) is 0 Å². The number of likely N-dealkylation sites (N-methyl/N-ethyl adjacent to an activating group) is 1. The second kappa shape index (κ2) is 8.53. The van der Waals surface area contributed by atoms with E-state index in [2.05, 4.69) is 20.5 Å². The number of alkyl halides is 1. The van der Waals surface area contributed by atoms with Gasteiger partial charge in [-0.15, -0.1) is 5.10 Å². The Balaban J connectivity index is 1.26. The number of fused-ring (bicyclic) bond motifs is 1. The molecule has 2 N–H and O–H groups in total. The van der Waals surface area contributed by atoms with Gasteiger partial charge in [0.1, 0.15) is 30.4 Å². The molecule has 0 saturated carbocycles. The van der Waals surface area contributed by atoms with E-state index in [-0.39, 0.29) is 18.3 Å². The summed E-state index contributed by atoms with van der Waals surface area (Å²) in [7, 11) is 1.62. The molecule has 3 heterocycles. The molecule has 9 nitrogen and oxygen atoms in total. The number of hydrogen-bond acceptors (Lipinski definition) is 6. The minimum atomic E-state index is -0.909. The molecule has 170 valence electrons. The molecule has 10 heteroatoms. The number of nitrogens with zero attached hydrogens (tertiary/aromatic N) is 4. The Morgan fingerprint density at radius 1 is 1.24 bits per heavy atom. The SMILES string of the molecule is CN1C(=O)[C@H](NC(=O)c2n[nH]c(Cc3ccccc3)n2)COc2ccc(N3CC(F)C3)cc21. The second-order valence-corrected chi connectivity index (χ2v) is 8.16. The van der Waals surface area contributed by atoms with Crippen molar-refractivity contribution in [1.82, 2.24) is 20.5 Å². The van der Waals surface area contributed by atoms with E-state index < -0.39 is 18.1 Å². The quantitative estimate of drug-likeness (QED) is 0.614. The van der Waals surface area contributed by atoms with Crippen LogP contribution in [-0.2, 0) is 11.2 Å². The zero-order valence-electron chi connectivity index (χ0n) is 18.0. The largest absolute Gasteiger partial charge is 0.489 e. The third-order valence-corrected chi connectivity index (χ3v) is 5.79. The molecule has 0 radical (unpaired) electrons. The molecule has 1 aromatic heterocycles. The fraction of sp³-hybridized carbons (Fsp3) is 0.304. The number of anilines is 2. The van der Waals surface area contributed by atoms with Gasteiger partial charge in [0.15, 0.2) is 0 Å². The highest BCUT2D eigenvalue weighted by molar-refractivity contribution is 6.02. The van der Waals surface area contributed by atoms with E-state index in [0.717, 1.165) is 11.3 Å². The fourth-order valence-electron chi connectivity index (χ4n) is 3.91. The van der Waals surface area contributed by atoms with E-state index in [0.29, 0.717) is 36.8 Å². The number of nitrogens with one attached hydrogen (secondary N) is 2. The summed E-state index contributed by atoms with van der Waals surface area (Å²) in [4.78, 5) is 33.3. The molecule has 0 aliphatic carbocycles. The maximum absolute atomic E-state index is 13.2. The maximum Gasteiger partial charge on any atom is 0.291 e. The lowest BCUT2D eigenvalue weighted by molar-refractivity contribution is -0.120. The summed E-state index contributed by atoms with van der Waals surface area (Å²) in [5.74, 6) is 0.132. The number of H-pyrrole nitrogens is 1. The lowest BCUT2D eigenvalue weighted by Crippen LogP contribution is -2.49. The molecule has 0 spiro atoms. The lowest BCUT2D eigenvalue weighted by Gasteiger charge is -2.37. The van der Waals surface area contributed by atoms with Crippen LogP contribution in [0.2, 0.25) is 0 Å². The van der Waals surface area contributed by atoms with Gasteiger partial charge in [0, 0.05) is 19.2 Å². The van der Waals surface area contributed by atoms with Gasteiger partial charge >= 0.3 is 0 Å². The minimum absolute atomic E-state index is 0.0289. The van der Waals surface area contributed by atoms with Gasteiger partial charge in [0.2, 0.25) is 5.82 Å². The van der Waals surface area contributed by atoms with Crippen LogP contribution in [0.5, 0.6) is 5.75 Å². The molecule has 2 aliphatic heterocycles.